The summed E-state index contributed by atoms with van der Waals surface area (Å²) in [4.78, 5) is 12.6. The maximum atomic E-state index is 12.6. The molecule has 0 saturated heterocycles. The van der Waals surface area contributed by atoms with E-state index in [-0.39, 0.29) is 5.57 Å². The zero-order valence-corrected chi connectivity index (χ0v) is 16.8. The van der Waals surface area contributed by atoms with Crippen molar-refractivity contribution in [3.8, 4) is 11.8 Å². The van der Waals surface area contributed by atoms with Crippen LogP contribution in [0.4, 0.5) is 5.69 Å². The SMILES string of the molecule is N#C/C(=C\c1ccc(OCc2ccccc2)cc1)C(=O)Nc1ccc2ccccc2c1. The van der Waals surface area contributed by atoms with Crippen molar-refractivity contribution in [3.05, 3.63) is 114 Å². The van der Waals surface area contributed by atoms with Crippen LogP contribution in [0.2, 0.25) is 0 Å². The highest BCUT2D eigenvalue weighted by molar-refractivity contribution is 6.10. The Hall–Kier alpha value is -4.36. The molecular formula is C27H20N2O2. The van der Waals surface area contributed by atoms with Crippen LogP contribution in [0, 0.1) is 11.3 Å². The van der Waals surface area contributed by atoms with Crippen LogP contribution in [-0.2, 0) is 11.4 Å². The van der Waals surface area contributed by atoms with Gasteiger partial charge in [0, 0.05) is 5.69 Å². The van der Waals surface area contributed by atoms with Gasteiger partial charge in [0.2, 0.25) is 0 Å². The summed E-state index contributed by atoms with van der Waals surface area (Å²) < 4.78 is 5.77. The Balaban J connectivity index is 1.43. The van der Waals surface area contributed by atoms with Gasteiger partial charge < -0.3 is 10.1 Å². The van der Waals surface area contributed by atoms with Crippen molar-refractivity contribution in [2.45, 2.75) is 6.61 Å². The minimum atomic E-state index is -0.442. The number of hydrogen-bond acceptors (Lipinski definition) is 3. The van der Waals surface area contributed by atoms with Crippen molar-refractivity contribution in [2.24, 2.45) is 0 Å². The number of nitrogens with zero attached hydrogens (tertiary/aromatic N) is 1. The van der Waals surface area contributed by atoms with E-state index in [1.165, 1.54) is 0 Å². The van der Waals surface area contributed by atoms with Gasteiger partial charge in [-0.05, 0) is 52.2 Å². The molecule has 0 fully saturated rings. The Labute approximate surface area is 181 Å². The Kier molecular flexibility index (Phi) is 6.06. The molecule has 31 heavy (non-hydrogen) atoms. The lowest BCUT2D eigenvalue weighted by Gasteiger charge is -2.07. The fourth-order valence-corrected chi connectivity index (χ4v) is 3.18. The van der Waals surface area contributed by atoms with Gasteiger partial charge in [-0.15, -0.1) is 0 Å². The van der Waals surface area contributed by atoms with E-state index in [0.717, 1.165) is 27.6 Å². The molecule has 0 aromatic heterocycles. The number of benzene rings is 4. The van der Waals surface area contributed by atoms with E-state index < -0.39 is 5.91 Å². The summed E-state index contributed by atoms with van der Waals surface area (Å²) in [6, 6.07) is 32.8. The predicted octanol–water partition coefficient (Wildman–Crippen LogP) is 5.96. The Morgan fingerprint density at radius 3 is 2.32 bits per heavy atom. The highest BCUT2D eigenvalue weighted by atomic mass is 16.5. The molecule has 1 N–H and O–H groups in total. The van der Waals surface area contributed by atoms with Crippen molar-refractivity contribution in [2.75, 3.05) is 5.32 Å². The van der Waals surface area contributed by atoms with Crippen LogP contribution >= 0.6 is 0 Å². The van der Waals surface area contributed by atoms with Crippen LogP contribution in [0.25, 0.3) is 16.8 Å². The first-order valence-electron chi connectivity index (χ1n) is 9.90. The number of ether oxygens (including phenoxy) is 1. The Morgan fingerprint density at radius 2 is 1.58 bits per heavy atom. The number of anilines is 1. The summed E-state index contributed by atoms with van der Waals surface area (Å²) in [5.41, 5.74) is 2.52. The molecule has 4 aromatic carbocycles. The van der Waals surface area contributed by atoms with Crippen molar-refractivity contribution in [1.82, 2.24) is 0 Å². The second-order valence-electron chi connectivity index (χ2n) is 7.03. The molecule has 0 aliphatic carbocycles. The van der Waals surface area contributed by atoms with Gasteiger partial charge in [0.15, 0.2) is 0 Å². The lowest BCUT2D eigenvalue weighted by Crippen LogP contribution is -2.13. The van der Waals surface area contributed by atoms with Gasteiger partial charge in [0.1, 0.15) is 24.0 Å². The molecule has 0 aliphatic heterocycles. The van der Waals surface area contributed by atoms with E-state index in [9.17, 15) is 10.1 Å². The highest BCUT2D eigenvalue weighted by Crippen LogP contribution is 2.20. The maximum Gasteiger partial charge on any atom is 0.266 e. The van der Waals surface area contributed by atoms with Gasteiger partial charge in [-0.25, -0.2) is 0 Å². The van der Waals surface area contributed by atoms with Crippen LogP contribution in [0.3, 0.4) is 0 Å². The quantitative estimate of drug-likeness (QED) is 0.318. The molecule has 0 unspecified atom stereocenters. The lowest BCUT2D eigenvalue weighted by atomic mass is 10.1. The average Bonchev–Trinajstić information content (AvgIpc) is 2.82. The van der Waals surface area contributed by atoms with Crippen molar-refractivity contribution in [3.63, 3.8) is 0 Å². The van der Waals surface area contributed by atoms with Crippen LogP contribution in [0.15, 0.2) is 103 Å². The van der Waals surface area contributed by atoms with Gasteiger partial charge in [-0.1, -0.05) is 72.8 Å². The second kappa shape index (κ2) is 9.43. The fourth-order valence-electron chi connectivity index (χ4n) is 3.18. The molecule has 0 bridgehead atoms. The Bertz CT molecular complexity index is 1270. The number of hydrogen-bond donors (Lipinski definition) is 1. The third-order valence-corrected chi connectivity index (χ3v) is 4.81. The fraction of sp³-hybridized carbons (Fsp3) is 0.0370. The van der Waals surface area contributed by atoms with Crippen LogP contribution < -0.4 is 10.1 Å². The third kappa shape index (κ3) is 5.17. The van der Waals surface area contributed by atoms with E-state index in [2.05, 4.69) is 5.32 Å². The smallest absolute Gasteiger partial charge is 0.266 e. The molecule has 0 radical (unpaired) electrons. The predicted molar refractivity (Wildman–Crippen MR) is 123 cm³/mol. The molecule has 0 aliphatic rings. The lowest BCUT2D eigenvalue weighted by molar-refractivity contribution is -0.112. The highest BCUT2D eigenvalue weighted by Gasteiger charge is 2.10. The van der Waals surface area contributed by atoms with Gasteiger partial charge in [-0.2, -0.15) is 5.26 Å². The molecule has 4 aromatic rings. The van der Waals surface area contributed by atoms with Crippen molar-refractivity contribution >= 4 is 28.4 Å². The molecule has 0 heterocycles. The van der Waals surface area contributed by atoms with Gasteiger partial charge >= 0.3 is 0 Å². The molecule has 0 spiro atoms. The third-order valence-electron chi connectivity index (χ3n) is 4.81. The first-order valence-corrected chi connectivity index (χ1v) is 9.90. The largest absolute Gasteiger partial charge is 0.489 e. The molecule has 0 atom stereocenters. The van der Waals surface area contributed by atoms with Crippen molar-refractivity contribution < 1.29 is 9.53 Å². The molecule has 150 valence electrons. The maximum absolute atomic E-state index is 12.6. The molecule has 1 amide bonds. The normalized spacial score (nSPS) is 11.0. The van der Waals surface area contributed by atoms with Gasteiger partial charge in [0.25, 0.3) is 5.91 Å². The van der Waals surface area contributed by atoms with E-state index in [1.54, 1.807) is 6.08 Å². The van der Waals surface area contributed by atoms with Gasteiger partial charge in [-0.3, -0.25) is 4.79 Å². The summed E-state index contributed by atoms with van der Waals surface area (Å²) in [5.74, 6) is 0.280. The van der Waals surface area contributed by atoms with E-state index in [1.807, 2.05) is 103 Å². The summed E-state index contributed by atoms with van der Waals surface area (Å²) in [6.07, 6.45) is 1.57. The summed E-state index contributed by atoms with van der Waals surface area (Å²) in [6.45, 7) is 0.480. The van der Waals surface area contributed by atoms with Gasteiger partial charge in [0.05, 0.1) is 0 Å². The first-order chi connectivity index (χ1) is 15.2. The number of carbonyl (C=O) groups is 1. The van der Waals surface area contributed by atoms with Crippen LogP contribution in [0.5, 0.6) is 5.75 Å². The molecule has 4 nitrogen and oxygen atoms in total. The standard InChI is InChI=1S/C27H20N2O2/c28-18-24(27(30)29-25-13-12-22-8-4-5-9-23(22)17-25)16-20-10-14-26(15-11-20)31-19-21-6-2-1-3-7-21/h1-17H,19H2,(H,29,30)/b24-16+. The molecule has 4 heteroatoms. The second-order valence-corrected chi connectivity index (χ2v) is 7.03. The minimum Gasteiger partial charge on any atom is -0.489 e. The zero-order chi connectivity index (χ0) is 21.5. The number of fused-ring (bicyclic) bond motifs is 1. The number of nitriles is 1. The Morgan fingerprint density at radius 1 is 0.871 bits per heavy atom. The number of carbonyl (C=O) groups excluding carboxylic acids is 1. The van der Waals surface area contributed by atoms with Crippen molar-refractivity contribution in [1.29, 1.82) is 5.26 Å². The monoisotopic (exact) mass is 404 g/mol. The minimum absolute atomic E-state index is 0.0334. The molecule has 0 saturated carbocycles. The molecule has 4 rings (SSSR count). The van der Waals surface area contributed by atoms with Crippen LogP contribution in [0.1, 0.15) is 11.1 Å². The average molecular weight is 404 g/mol. The number of nitrogens with one attached hydrogen (secondary N) is 1. The molecular weight excluding hydrogens is 384 g/mol. The van der Waals surface area contributed by atoms with E-state index in [0.29, 0.717) is 12.3 Å². The first kappa shape index (κ1) is 19.9. The topological polar surface area (TPSA) is 62.1 Å². The van der Waals surface area contributed by atoms with Crippen LogP contribution in [-0.4, -0.2) is 5.91 Å². The number of rotatable bonds is 6. The van der Waals surface area contributed by atoms with E-state index >= 15 is 0 Å². The summed E-state index contributed by atoms with van der Waals surface area (Å²) in [7, 11) is 0. The number of amides is 1. The summed E-state index contributed by atoms with van der Waals surface area (Å²) in [5, 5.41) is 14.4. The zero-order valence-electron chi connectivity index (χ0n) is 16.8. The van der Waals surface area contributed by atoms with E-state index in [4.69, 9.17) is 4.74 Å². The summed E-state index contributed by atoms with van der Waals surface area (Å²) >= 11 is 0.